The lowest BCUT2D eigenvalue weighted by molar-refractivity contribution is -0.127. The van der Waals surface area contributed by atoms with E-state index in [0.717, 1.165) is 0 Å². The number of carbonyl (C=O) groups is 1. The average Bonchev–Trinajstić information content (AvgIpc) is 2.28. The molecule has 0 spiro atoms. The summed E-state index contributed by atoms with van der Waals surface area (Å²) < 4.78 is 9.64. The number of hydrogen-bond donors (Lipinski definition) is 4. The minimum absolute atomic E-state index is 0.0413. The highest BCUT2D eigenvalue weighted by atomic mass is 16.5. The van der Waals surface area contributed by atoms with Gasteiger partial charge in [0.15, 0.2) is 0 Å². The van der Waals surface area contributed by atoms with Crippen molar-refractivity contribution in [2.24, 2.45) is 0 Å². The summed E-state index contributed by atoms with van der Waals surface area (Å²) in [6, 6.07) is -0.767. The third-order valence-corrected chi connectivity index (χ3v) is 2.36. The zero-order valence-corrected chi connectivity index (χ0v) is 10.3. The Balaban J connectivity index is 4.56. The van der Waals surface area contributed by atoms with Crippen molar-refractivity contribution in [3.8, 4) is 0 Å². The number of carbonyl (C=O) groups excluding carboxylic acids is 1. The van der Waals surface area contributed by atoms with Crippen LogP contribution in [0.4, 0.5) is 0 Å². The SMILES string of the molecule is COCC(NC(C)=O)[C@@H](O)[C@@H](O)C(CO)OC. The van der Waals surface area contributed by atoms with Crippen LogP contribution in [-0.2, 0) is 14.3 Å². The van der Waals surface area contributed by atoms with Crippen LogP contribution in [0, 0.1) is 0 Å². The Morgan fingerprint density at radius 3 is 2.24 bits per heavy atom. The van der Waals surface area contributed by atoms with Crippen molar-refractivity contribution in [2.75, 3.05) is 27.4 Å². The Labute approximate surface area is 100 Å². The standard InChI is InChI=1S/C10H21NO6/c1-6(13)11-7(5-16-2)9(14)10(15)8(4-12)17-3/h7-10,12,14-15H,4-5H2,1-3H3,(H,11,13)/t7?,8?,9-,10+/m1/s1. The molecule has 0 aromatic heterocycles. The molecule has 0 fully saturated rings. The molecule has 0 aliphatic carbocycles. The number of ether oxygens (including phenoxy) is 2. The molecule has 2 unspecified atom stereocenters. The number of hydrogen-bond acceptors (Lipinski definition) is 6. The highest BCUT2D eigenvalue weighted by Gasteiger charge is 2.32. The van der Waals surface area contributed by atoms with E-state index in [1.165, 1.54) is 21.1 Å². The Morgan fingerprint density at radius 2 is 1.88 bits per heavy atom. The molecule has 4 atom stereocenters. The Morgan fingerprint density at radius 1 is 1.29 bits per heavy atom. The third kappa shape index (κ3) is 5.42. The summed E-state index contributed by atoms with van der Waals surface area (Å²) in [6.45, 7) is 0.899. The maximum atomic E-state index is 10.9. The van der Waals surface area contributed by atoms with Gasteiger partial charge >= 0.3 is 0 Å². The molecule has 0 aliphatic rings. The van der Waals surface area contributed by atoms with Gasteiger partial charge in [0.1, 0.15) is 18.3 Å². The molecule has 0 saturated carbocycles. The summed E-state index contributed by atoms with van der Waals surface area (Å²) in [6.07, 6.45) is -3.54. The van der Waals surface area contributed by atoms with Crippen LogP contribution in [0.25, 0.3) is 0 Å². The molecule has 0 radical (unpaired) electrons. The molecule has 0 heterocycles. The summed E-state index contributed by atoms with van der Waals surface area (Å²) in [7, 11) is 2.72. The Bertz CT molecular complexity index is 221. The van der Waals surface area contributed by atoms with Gasteiger partial charge in [-0.05, 0) is 0 Å². The molecule has 0 aliphatic heterocycles. The van der Waals surface area contributed by atoms with Crippen molar-refractivity contribution >= 4 is 5.91 Å². The highest BCUT2D eigenvalue weighted by molar-refractivity contribution is 5.73. The second-order valence-electron chi connectivity index (χ2n) is 3.70. The van der Waals surface area contributed by atoms with Crippen molar-refractivity contribution in [1.82, 2.24) is 5.32 Å². The molecule has 102 valence electrons. The first-order chi connectivity index (χ1) is 7.97. The molecule has 4 N–H and O–H groups in total. The van der Waals surface area contributed by atoms with Crippen LogP contribution < -0.4 is 5.32 Å². The van der Waals surface area contributed by atoms with Crippen LogP contribution in [0.15, 0.2) is 0 Å². The van der Waals surface area contributed by atoms with Crippen LogP contribution in [0.3, 0.4) is 0 Å². The van der Waals surface area contributed by atoms with Crippen molar-refractivity contribution in [2.45, 2.75) is 31.3 Å². The molecule has 0 rings (SSSR count). The minimum atomic E-state index is -1.32. The van der Waals surface area contributed by atoms with Gasteiger partial charge in [-0.3, -0.25) is 4.79 Å². The topological polar surface area (TPSA) is 108 Å². The van der Waals surface area contributed by atoms with Gasteiger partial charge in [-0.25, -0.2) is 0 Å². The molecule has 7 nitrogen and oxygen atoms in total. The van der Waals surface area contributed by atoms with Gasteiger partial charge in [-0.2, -0.15) is 0 Å². The third-order valence-electron chi connectivity index (χ3n) is 2.36. The number of aliphatic hydroxyl groups excluding tert-OH is 3. The quantitative estimate of drug-likeness (QED) is 0.392. The van der Waals surface area contributed by atoms with Gasteiger partial charge in [0.2, 0.25) is 5.91 Å². The van der Waals surface area contributed by atoms with E-state index >= 15 is 0 Å². The van der Waals surface area contributed by atoms with Gasteiger partial charge in [0, 0.05) is 21.1 Å². The lowest BCUT2D eigenvalue weighted by atomic mass is 10.0. The van der Waals surface area contributed by atoms with E-state index in [-0.39, 0.29) is 12.5 Å². The van der Waals surface area contributed by atoms with Gasteiger partial charge in [0.25, 0.3) is 0 Å². The van der Waals surface area contributed by atoms with Crippen LogP contribution >= 0.6 is 0 Å². The van der Waals surface area contributed by atoms with E-state index in [0.29, 0.717) is 0 Å². The molecule has 7 heteroatoms. The van der Waals surface area contributed by atoms with E-state index in [1.807, 2.05) is 0 Å². The summed E-state index contributed by atoms with van der Waals surface area (Å²) >= 11 is 0. The van der Waals surface area contributed by atoms with E-state index in [4.69, 9.17) is 14.6 Å². The number of rotatable bonds is 8. The Hall–Kier alpha value is -0.730. The van der Waals surface area contributed by atoms with E-state index in [9.17, 15) is 15.0 Å². The molecule has 0 aromatic rings. The van der Waals surface area contributed by atoms with E-state index in [2.05, 4.69) is 5.32 Å². The molecule has 0 bridgehead atoms. The van der Waals surface area contributed by atoms with Gasteiger partial charge in [-0.15, -0.1) is 0 Å². The summed E-state index contributed by atoms with van der Waals surface area (Å²) in [4.78, 5) is 10.9. The van der Waals surface area contributed by atoms with Crippen LogP contribution in [0.2, 0.25) is 0 Å². The maximum absolute atomic E-state index is 10.9. The van der Waals surface area contributed by atoms with Crippen LogP contribution in [0.1, 0.15) is 6.92 Å². The summed E-state index contributed by atoms with van der Waals surface area (Å²) in [5.41, 5.74) is 0. The largest absolute Gasteiger partial charge is 0.394 e. The second-order valence-corrected chi connectivity index (χ2v) is 3.70. The molecule has 1 amide bonds. The second kappa shape index (κ2) is 8.37. The molecular formula is C10H21NO6. The van der Waals surface area contributed by atoms with Crippen molar-refractivity contribution in [3.63, 3.8) is 0 Å². The molecular weight excluding hydrogens is 230 g/mol. The van der Waals surface area contributed by atoms with Gasteiger partial charge in [-0.1, -0.05) is 0 Å². The zero-order chi connectivity index (χ0) is 13.4. The van der Waals surface area contributed by atoms with Crippen molar-refractivity contribution in [1.29, 1.82) is 0 Å². The van der Waals surface area contributed by atoms with Gasteiger partial charge in [0.05, 0.1) is 19.3 Å². The maximum Gasteiger partial charge on any atom is 0.217 e. The number of amides is 1. The minimum Gasteiger partial charge on any atom is -0.394 e. The monoisotopic (exact) mass is 251 g/mol. The predicted octanol–water partition coefficient (Wildman–Crippen LogP) is -2.13. The Kier molecular flexibility index (Phi) is 8.01. The van der Waals surface area contributed by atoms with Crippen molar-refractivity contribution in [3.05, 3.63) is 0 Å². The fourth-order valence-electron chi connectivity index (χ4n) is 1.45. The van der Waals surface area contributed by atoms with Crippen LogP contribution in [-0.4, -0.2) is 73.0 Å². The number of aliphatic hydroxyl groups is 3. The summed E-state index contributed by atoms with van der Waals surface area (Å²) in [5, 5.41) is 31.0. The molecule has 17 heavy (non-hydrogen) atoms. The lowest BCUT2D eigenvalue weighted by Gasteiger charge is -2.30. The fraction of sp³-hybridized carbons (Fsp3) is 0.900. The first-order valence-corrected chi connectivity index (χ1v) is 5.23. The first kappa shape index (κ1) is 16.3. The smallest absolute Gasteiger partial charge is 0.217 e. The van der Waals surface area contributed by atoms with Crippen LogP contribution in [0.5, 0.6) is 0 Å². The predicted molar refractivity (Wildman–Crippen MR) is 59.4 cm³/mol. The molecule has 0 saturated heterocycles. The first-order valence-electron chi connectivity index (χ1n) is 5.23. The summed E-state index contributed by atoms with van der Waals surface area (Å²) in [5.74, 6) is -0.351. The number of nitrogens with one attached hydrogen (secondary N) is 1. The molecule has 0 aromatic carbocycles. The normalized spacial score (nSPS) is 18.2. The highest BCUT2D eigenvalue weighted by Crippen LogP contribution is 2.08. The van der Waals surface area contributed by atoms with E-state index < -0.39 is 31.0 Å². The van der Waals surface area contributed by atoms with E-state index in [1.54, 1.807) is 0 Å². The van der Waals surface area contributed by atoms with Gasteiger partial charge < -0.3 is 30.1 Å². The zero-order valence-electron chi connectivity index (χ0n) is 10.3. The van der Waals surface area contributed by atoms with Crippen molar-refractivity contribution < 1.29 is 29.6 Å². The number of methoxy groups -OCH3 is 2. The average molecular weight is 251 g/mol. The fourth-order valence-corrected chi connectivity index (χ4v) is 1.45. The lowest BCUT2D eigenvalue weighted by Crippen LogP contribution is -2.54.